The maximum Gasteiger partial charge on any atom is 0.333 e. The van der Waals surface area contributed by atoms with Gasteiger partial charge in [-0.3, -0.25) is 9.35 Å². The van der Waals surface area contributed by atoms with E-state index in [0.29, 0.717) is 37.9 Å². The molecule has 11 nitrogen and oxygen atoms in total. The van der Waals surface area contributed by atoms with Crippen LogP contribution >= 0.6 is 38.9 Å². The number of aromatic nitrogens is 3. The molecule has 0 bridgehead atoms. The average Bonchev–Trinajstić information content (AvgIpc) is 3.38. The van der Waals surface area contributed by atoms with Crippen molar-refractivity contribution in [1.29, 1.82) is 0 Å². The minimum Gasteiger partial charge on any atom is -0.393 e. The zero-order chi connectivity index (χ0) is 26.0. The number of hydrogen-bond acceptors (Lipinski definition) is 10. The minimum absolute atomic E-state index is 0.114. The summed E-state index contributed by atoms with van der Waals surface area (Å²) in [5.74, 6) is -0.495. The molecule has 192 valence electrons. The quantitative estimate of drug-likeness (QED) is 0.136. The summed E-state index contributed by atoms with van der Waals surface area (Å²) in [4.78, 5) is 26.3. The summed E-state index contributed by atoms with van der Waals surface area (Å²) >= 11 is 10.8. The lowest BCUT2D eigenvalue weighted by molar-refractivity contribution is 0.104. The van der Waals surface area contributed by atoms with Gasteiger partial charge in [0.15, 0.2) is 0 Å². The highest BCUT2D eigenvalue weighted by Crippen LogP contribution is 2.36. The Kier molecular flexibility index (Phi) is 8.36. The van der Waals surface area contributed by atoms with E-state index in [1.165, 1.54) is 12.5 Å². The number of pyridine rings is 1. The Morgan fingerprint density at radius 2 is 2.14 bits per heavy atom. The van der Waals surface area contributed by atoms with Gasteiger partial charge in [0.1, 0.15) is 16.7 Å². The monoisotopic (exact) mass is 616 g/mol. The van der Waals surface area contributed by atoms with Gasteiger partial charge in [-0.1, -0.05) is 17.7 Å². The van der Waals surface area contributed by atoms with Gasteiger partial charge in [-0.15, -0.1) is 11.3 Å². The van der Waals surface area contributed by atoms with Crippen LogP contribution in [0.1, 0.15) is 45.4 Å². The summed E-state index contributed by atoms with van der Waals surface area (Å²) < 4.78 is 33.8. The van der Waals surface area contributed by atoms with Crippen molar-refractivity contribution in [1.82, 2.24) is 19.7 Å². The van der Waals surface area contributed by atoms with Gasteiger partial charge in [-0.05, 0) is 47.0 Å². The van der Waals surface area contributed by atoms with Crippen LogP contribution in [0.5, 0.6) is 0 Å². The number of nitrogens with zero attached hydrogens (tertiary/aromatic N) is 3. The van der Waals surface area contributed by atoms with Crippen molar-refractivity contribution >= 4 is 60.8 Å². The number of aliphatic hydroxyl groups excluding tert-OH is 1. The van der Waals surface area contributed by atoms with E-state index < -0.39 is 28.4 Å². The fourth-order valence-corrected chi connectivity index (χ4v) is 6.14. The molecule has 15 heteroatoms. The van der Waals surface area contributed by atoms with E-state index in [1.807, 2.05) is 4.72 Å². The first-order valence-electron chi connectivity index (χ1n) is 10.7. The SMILES string of the molecule is N[C@@H](c1cccc(Br)n1)c1cc(C(=O)c2cncnc2N[C@@H]2C[C@H](CNS(=O)(=O)O)[C@@H](O)C2)sc1Cl. The van der Waals surface area contributed by atoms with Gasteiger partial charge in [-0.25, -0.2) is 15.0 Å². The largest absolute Gasteiger partial charge is 0.393 e. The molecule has 3 aromatic heterocycles. The maximum atomic E-state index is 13.4. The van der Waals surface area contributed by atoms with Crippen LogP contribution in [0, 0.1) is 5.92 Å². The number of nitrogens with one attached hydrogen (secondary N) is 2. The van der Waals surface area contributed by atoms with Gasteiger partial charge in [0.25, 0.3) is 0 Å². The Balaban J connectivity index is 1.51. The van der Waals surface area contributed by atoms with Crippen molar-refractivity contribution in [2.24, 2.45) is 11.7 Å². The van der Waals surface area contributed by atoms with Crippen molar-refractivity contribution in [2.45, 2.75) is 31.0 Å². The lowest BCUT2D eigenvalue weighted by atomic mass is 10.1. The summed E-state index contributed by atoms with van der Waals surface area (Å²) in [7, 11) is -4.36. The summed E-state index contributed by atoms with van der Waals surface area (Å²) in [5.41, 5.74) is 7.73. The predicted octanol–water partition coefficient (Wildman–Crippen LogP) is 2.57. The number of hydrogen-bond donors (Lipinski definition) is 5. The molecular formula is C21H22BrClN6O5S2. The minimum atomic E-state index is -4.36. The van der Waals surface area contributed by atoms with Crippen LogP contribution in [0.25, 0.3) is 0 Å². The number of thiophene rings is 1. The molecule has 6 N–H and O–H groups in total. The molecular weight excluding hydrogens is 596 g/mol. The first kappa shape index (κ1) is 27.0. The normalized spacial score (nSPS) is 20.9. The number of carbonyl (C=O) groups excluding carboxylic acids is 1. The Bertz CT molecular complexity index is 1370. The number of aliphatic hydroxyl groups is 1. The average molecular weight is 618 g/mol. The van der Waals surface area contributed by atoms with Crippen molar-refractivity contribution in [3.8, 4) is 0 Å². The molecule has 1 aliphatic carbocycles. The molecule has 0 radical (unpaired) electrons. The van der Waals surface area contributed by atoms with Crippen LogP contribution in [0.4, 0.5) is 5.82 Å². The number of rotatable bonds is 9. The van der Waals surface area contributed by atoms with Crippen LogP contribution in [-0.4, -0.2) is 57.5 Å². The number of anilines is 1. The zero-order valence-electron chi connectivity index (χ0n) is 18.5. The fourth-order valence-electron chi connectivity index (χ4n) is 4.05. The molecule has 4 rings (SSSR count). The lowest BCUT2D eigenvalue weighted by Gasteiger charge is -2.15. The molecule has 1 fully saturated rings. The van der Waals surface area contributed by atoms with Gasteiger partial charge in [0, 0.05) is 30.3 Å². The van der Waals surface area contributed by atoms with Gasteiger partial charge in [0.05, 0.1) is 32.6 Å². The first-order chi connectivity index (χ1) is 17.0. The molecule has 4 atom stereocenters. The van der Waals surface area contributed by atoms with Crippen LogP contribution in [0.3, 0.4) is 0 Å². The lowest BCUT2D eigenvalue weighted by Crippen LogP contribution is -2.32. The number of nitrogens with two attached hydrogens (primary N) is 1. The van der Waals surface area contributed by atoms with Crippen LogP contribution in [0.15, 0.2) is 41.4 Å². The highest BCUT2D eigenvalue weighted by Gasteiger charge is 2.34. The number of carbonyl (C=O) groups is 1. The third-order valence-electron chi connectivity index (χ3n) is 5.81. The van der Waals surface area contributed by atoms with Crippen molar-refractivity contribution in [3.63, 3.8) is 0 Å². The van der Waals surface area contributed by atoms with E-state index in [-0.39, 0.29) is 29.8 Å². The first-order valence-corrected chi connectivity index (χ1v) is 14.1. The van der Waals surface area contributed by atoms with Gasteiger partial charge >= 0.3 is 10.3 Å². The summed E-state index contributed by atoms with van der Waals surface area (Å²) in [6, 6.07) is 6.07. The van der Waals surface area contributed by atoms with Crippen molar-refractivity contribution < 1.29 is 22.9 Å². The molecule has 0 aromatic carbocycles. The Labute approximate surface area is 224 Å². The van der Waals surface area contributed by atoms with E-state index >= 15 is 0 Å². The van der Waals surface area contributed by atoms with Gasteiger partial charge < -0.3 is 16.2 Å². The second-order valence-electron chi connectivity index (χ2n) is 8.28. The second kappa shape index (κ2) is 11.1. The molecule has 3 heterocycles. The number of halogens is 2. The van der Waals surface area contributed by atoms with E-state index in [9.17, 15) is 18.3 Å². The molecule has 1 saturated carbocycles. The van der Waals surface area contributed by atoms with Crippen LogP contribution in [0.2, 0.25) is 4.34 Å². The van der Waals surface area contributed by atoms with Crippen molar-refractivity contribution in [2.75, 3.05) is 11.9 Å². The van der Waals surface area contributed by atoms with Crippen molar-refractivity contribution in [3.05, 3.63) is 67.4 Å². The molecule has 3 aromatic rings. The summed E-state index contributed by atoms with van der Waals surface area (Å²) in [6.07, 6.45) is 2.58. The molecule has 0 amide bonds. The Hall–Kier alpha value is -2.04. The van der Waals surface area contributed by atoms with Crippen LogP contribution < -0.4 is 15.8 Å². The molecule has 36 heavy (non-hydrogen) atoms. The van der Waals surface area contributed by atoms with E-state index in [1.54, 1.807) is 24.3 Å². The standard InChI is InChI=1S/C21H22BrClN6O5S2/c22-17-3-1-2-14(29-17)18(24)12-6-16(35-20(12)23)19(31)13-8-25-9-26-21(13)28-11-4-10(15(30)5-11)7-27-36(32,33)34/h1-3,6,8-11,15,18,27,30H,4-5,7,24H2,(H,25,26,28)(H,32,33,34)/t10-,11-,15+,18-/m1/s1. The Morgan fingerprint density at radius 3 is 2.86 bits per heavy atom. The second-order valence-corrected chi connectivity index (χ2v) is 12.0. The molecule has 0 saturated heterocycles. The summed E-state index contributed by atoms with van der Waals surface area (Å²) in [5, 5.41) is 13.5. The highest BCUT2D eigenvalue weighted by atomic mass is 79.9. The Morgan fingerprint density at radius 1 is 1.36 bits per heavy atom. The van der Waals surface area contributed by atoms with E-state index in [0.717, 1.165) is 11.3 Å². The molecule has 0 spiro atoms. The topological polar surface area (TPSA) is 180 Å². The fraction of sp³-hybridized carbons (Fsp3) is 0.333. The third-order valence-corrected chi connectivity index (χ3v) is 8.17. The molecule has 1 aliphatic rings. The van der Waals surface area contributed by atoms with E-state index in [4.69, 9.17) is 21.9 Å². The van der Waals surface area contributed by atoms with Gasteiger partial charge in [0.2, 0.25) is 5.78 Å². The highest BCUT2D eigenvalue weighted by molar-refractivity contribution is 9.10. The molecule has 0 unspecified atom stereocenters. The summed E-state index contributed by atoms with van der Waals surface area (Å²) in [6.45, 7) is -0.114. The van der Waals surface area contributed by atoms with Gasteiger partial charge in [-0.2, -0.15) is 13.1 Å². The number of ketones is 1. The van der Waals surface area contributed by atoms with E-state index in [2.05, 4.69) is 36.2 Å². The third kappa shape index (κ3) is 6.44. The zero-order valence-corrected chi connectivity index (χ0v) is 22.5. The maximum absolute atomic E-state index is 13.4. The van der Waals surface area contributed by atoms with Crippen LogP contribution in [-0.2, 0) is 10.3 Å². The molecule has 0 aliphatic heterocycles. The smallest absolute Gasteiger partial charge is 0.333 e. The predicted molar refractivity (Wildman–Crippen MR) is 138 cm³/mol.